The molecule has 0 saturated carbocycles. The Morgan fingerprint density at radius 2 is 2.27 bits per heavy atom. The van der Waals surface area contributed by atoms with Gasteiger partial charge in [-0.1, -0.05) is 6.92 Å². The van der Waals surface area contributed by atoms with Crippen molar-refractivity contribution in [3.63, 3.8) is 0 Å². The first-order valence-corrected chi connectivity index (χ1v) is 5.53. The second-order valence-electron chi connectivity index (χ2n) is 4.12. The molecule has 0 radical (unpaired) electrons. The predicted molar refractivity (Wildman–Crippen MR) is 65.7 cm³/mol. The third-order valence-electron chi connectivity index (χ3n) is 2.34. The van der Waals surface area contributed by atoms with Crippen molar-refractivity contribution >= 4 is 17.3 Å². The van der Waals surface area contributed by atoms with E-state index in [2.05, 4.69) is 31.4 Å². The van der Waals surface area contributed by atoms with Gasteiger partial charge in [-0.05, 0) is 44.6 Å². The number of furan rings is 1. The zero-order valence-electron chi connectivity index (χ0n) is 9.46. The quantitative estimate of drug-likeness (QED) is 0.773. The maximum atomic E-state index is 5.19. The Bertz CT molecular complexity index is 306. The molecule has 1 aromatic heterocycles. The number of hydrogen-bond acceptors (Lipinski definition) is 2. The Morgan fingerprint density at radius 3 is 2.80 bits per heavy atom. The standard InChI is InChI=1S/C11H18N2OS/c1-4-11(2,3)13-10(15)12-8-9-6-5-7-14-9/h5-7H,4,8H2,1-3H3,(H2,12,13,15). The molecule has 0 atom stereocenters. The first-order chi connectivity index (χ1) is 7.03. The van der Waals surface area contributed by atoms with Crippen LogP contribution in [0.5, 0.6) is 0 Å². The Balaban J connectivity index is 2.31. The monoisotopic (exact) mass is 226 g/mol. The van der Waals surface area contributed by atoms with Gasteiger partial charge in [0.25, 0.3) is 0 Å². The third-order valence-corrected chi connectivity index (χ3v) is 2.59. The Labute approximate surface area is 96.2 Å². The number of rotatable bonds is 4. The molecule has 15 heavy (non-hydrogen) atoms. The Hall–Kier alpha value is -1.03. The van der Waals surface area contributed by atoms with Crippen LogP contribution < -0.4 is 10.6 Å². The van der Waals surface area contributed by atoms with Crippen molar-refractivity contribution in [2.45, 2.75) is 39.3 Å². The predicted octanol–water partition coefficient (Wildman–Crippen LogP) is 2.43. The fraction of sp³-hybridized carbons (Fsp3) is 0.545. The van der Waals surface area contributed by atoms with Crippen molar-refractivity contribution in [2.24, 2.45) is 0 Å². The Kier molecular flexibility index (Phi) is 4.15. The molecule has 0 aliphatic carbocycles. The van der Waals surface area contributed by atoms with Gasteiger partial charge in [0, 0.05) is 5.54 Å². The smallest absolute Gasteiger partial charge is 0.167 e. The summed E-state index contributed by atoms with van der Waals surface area (Å²) in [6, 6.07) is 3.78. The summed E-state index contributed by atoms with van der Waals surface area (Å²) >= 11 is 5.18. The molecule has 0 unspecified atom stereocenters. The zero-order valence-corrected chi connectivity index (χ0v) is 10.3. The van der Waals surface area contributed by atoms with E-state index in [1.807, 2.05) is 12.1 Å². The summed E-state index contributed by atoms with van der Waals surface area (Å²) in [7, 11) is 0. The van der Waals surface area contributed by atoms with Gasteiger partial charge in [-0.15, -0.1) is 0 Å². The highest BCUT2D eigenvalue weighted by molar-refractivity contribution is 7.80. The SMILES string of the molecule is CCC(C)(C)NC(=S)NCc1ccco1. The average molecular weight is 226 g/mol. The summed E-state index contributed by atoms with van der Waals surface area (Å²) in [6.07, 6.45) is 2.68. The Morgan fingerprint density at radius 1 is 1.53 bits per heavy atom. The van der Waals surface area contributed by atoms with Gasteiger partial charge in [-0.3, -0.25) is 0 Å². The van der Waals surface area contributed by atoms with Gasteiger partial charge in [0.15, 0.2) is 5.11 Å². The lowest BCUT2D eigenvalue weighted by atomic mass is 10.0. The summed E-state index contributed by atoms with van der Waals surface area (Å²) in [6.45, 7) is 6.99. The van der Waals surface area contributed by atoms with Crippen LogP contribution in [0.1, 0.15) is 33.0 Å². The van der Waals surface area contributed by atoms with Crippen molar-refractivity contribution < 1.29 is 4.42 Å². The molecule has 1 heterocycles. The van der Waals surface area contributed by atoms with Crippen molar-refractivity contribution in [1.29, 1.82) is 0 Å². The van der Waals surface area contributed by atoms with Crippen LogP contribution in [0.25, 0.3) is 0 Å². The van der Waals surface area contributed by atoms with E-state index >= 15 is 0 Å². The lowest BCUT2D eigenvalue weighted by Gasteiger charge is -2.26. The number of nitrogens with one attached hydrogen (secondary N) is 2. The molecule has 0 aromatic carbocycles. The summed E-state index contributed by atoms with van der Waals surface area (Å²) < 4.78 is 5.19. The van der Waals surface area contributed by atoms with Crippen LogP contribution in [0.2, 0.25) is 0 Å². The van der Waals surface area contributed by atoms with Gasteiger partial charge in [-0.25, -0.2) is 0 Å². The van der Waals surface area contributed by atoms with Gasteiger partial charge in [0.05, 0.1) is 12.8 Å². The van der Waals surface area contributed by atoms with Crippen LogP contribution in [0.4, 0.5) is 0 Å². The van der Waals surface area contributed by atoms with Crippen molar-refractivity contribution in [1.82, 2.24) is 10.6 Å². The van der Waals surface area contributed by atoms with Gasteiger partial charge in [-0.2, -0.15) is 0 Å². The summed E-state index contributed by atoms with van der Waals surface area (Å²) in [5, 5.41) is 7.01. The van der Waals surface area contributed by atoms with Gasteiger partial charge < -0.3 is 15.1 Å². The maximum absolute atomic E-state index is 5.19. The van der Waals surface area contributed by atoms with E-state index in [1.54, 1.807) is 6.26 Å². The topological polar surface area (TPSA) is 37.2 Å². The van der Waals surface area contributed by atoms with Gasteiger partial charge >= 0.3 is 0 Å². The minimum atomic E-state index is 0.0350. The second-order valence-corrected chi connectivity index (χ2v) is 4.53. The van der Waals surface area contributed by atoms with Crippen LogP contribution in [0, 0.1) is 0 Å². The lowest BCUT2D eigenvalue weighted by Crippen LogP contribution is -2.47. The van der Waals surface area contributed by atoms with Crippen LogP contribution in [0.3, 0.4) is 0 Å². The molecule has 0 spiro atoms. The van der Waals surface area contributed by atoms with Crippen LogP contribution >= 0.6 is 12.2 Å². The fourth-order valence-corrected chi connectivity index (χ4v) is 1.37. The molecule has 0 fully saturated rings. The van der Waals surface area contributed by atoms with Gasteiger partial charge in [0.2, 0.25) is 0 Å². The summed E-state index contributed by atoms with van der Waals surface area (Å²) in [5.41, 5.74) is 0.0350. The van der Waals surface area contributed by atoms with E-state index in [0.29, 0.717) is 11.7 Å². The molecule has 1 aromatic rings. The van der Waals surface area contributed by atoms with E-state index in [0.717, 1.165) is 12.2 Å². The highest BCUT2D eigenvalue weighted by atomic mass is 32.1. The van der Waals surface area contributed by atoms with Crippen LogP contribution in [-0.4, -0.2) is 10.7 Å². The largest absolute Gasteiger partial charge is 0.467 e. The van der Waals surface area contributed by atoms with Crippen molar-refractivity contribution in [3.05, 3.63) is 24.2 Å². The highest BCUT2D eigenvalue weighted by Gasteiger charge is 2.15. The molecule has 0 bridgehead atoms. The molecule has 4 heteroatoms. The molecule has 0 saturated heterocycles. The lowest BCUT2D eigenvalue weighted by molar-refractivity contribution is 0.439. The van der Waals surface area contributed by atoms with Crippen molar-refractivity contribution in [3.8, 4) is 0 Å². The molecular weight excluding hydrogens is 208 g/mol. The van der Waals surface area contributed by atoms with E-state index in [1.165, 1.54) is 0 Å². The third kappa shape index (κ3) is 4.34. The van der Waals surface area contributed by atoms with Gasteiger partial charge in [0.1, 0.15) is 5.76 Å². The molecule has 2 N–H and O–H groups in total. The molecule has 1 rings (SSSR count). The minimum absolute atomic E-state index is 0.0350. The van der Waals surface area contributed by atoms with E-state index in [9.17, 15) is 0 Å². The normalized spacial score (nSPS) is 11.1. The molecule has 0 amide bonds. The fourth-order valence-electron chi connectivity index (χ4n) is 1.02. The molecular formula is C11H18N2OS. The van der Waals surface area contributed by atoms with E-state index in [-0.39, 0.29) is 5.54 Å². The number of thiocarbonyl (C=S) groups is 1. The maximum Gasteiger partial charge on any atom is 0.167 e. The van der Waals surface area contributed by atoms with E-state index < -0.39 is 0 Å². The first kappa shape index (κ1) is 12.0. The highest BCUT2D eigenvalue weighted by Crippen LogP contribution is 2.06. The minimum Gasteiger partial charge on any atom is -0.467 e. The zero-order chi connectivity index (χ0) is 11.3. The van der Waals surface area contributed by atoms with Crippen molar-refractivity contribution in [2.75, 3.05) is 0 Å². The molecule has 0 aliphatic rings. The average Bonchev–Trinajstić information content (AvgIpc) is 2.66. The van der Waals surface area contributed by atoms with Crippen LogP contribution in [-0.2, 0) is 6.54 Å². The summed E-state index contributed by atoms with van der Waals surface area (Å²) in [5.74, 6) is 0.883. The number of hydrogen-bond donors (Lipinski definition) is 2. The van der Waals surface area contributed by atoms with E-state index in [4.69, 9.17) is 16.6 Å². The molecule has 0 aliphatic heterocycles. The molecule has 84 valence electrons. The van der Waals surface area contributed by atoms with Crippen LogP contribution in [0.15, 0.2) is 22.8 Å². The summed E-state index contributed by atoms with van der Waals surface area (Å²) in [4.78, 5) is 0. The molecule has 3 nitrogen and oxygen atoms in total. The first-order valence-electron chi connectivity index (χ1n) is 5.12. The second kappa shape index (κ2) is 5.16.